The molecule has 1 saturated carbocycles. The molecule has 0 unspecified atom stereocenters. The Balaban J connectivity index is 1.78. The molecular weight excluding hydrogens is 314 g/mol. The highest BCUT2D eigenvalue weighted by Crippen LogP contribution is 2.37. The van der Waals surface area contributed by atoms with Gasteiger partial charge in [-0.2, -0.15) is 0 Å². The van der Waals surface area contributed by atoms with Crippen molar-refractivity contribution < 1.29 is 14.6 Å². The molecule has 0 spiro atoms. The van der Waals surface area contributed by atoms with Gasteiger partial charge in [-0.1, -0.05) is 45.0 Å². The van der Waals surface area contributed by atoms with E-state index in [2.05, 4.69) is 23.7 Å². The first-order valence-corrected chi connectivity index (χ1v) is 10.1. The zero-order valence-corrected chi connectivity index (χ0v) is 16.0. The van der Waals surface area contributed by atoms with Crippen LogP contribution < -0.4 is 0 Å². The molecule has 1 aliphatic carbocycles. The van der Waals surface area contributed by atoms with Crippen molar-refractivity contribution in [1.29, 1.82) is 0 Å². The van der Waals surface area contributed by atoms with Crippen LogP contribution in [0, 0.1) is 29.6 Å². The van der Waals surface area contributed by atoms with E-state index in [0.29, 0.717) is 5.92 Å². The summed E-state index contributed by atoms with van der Waals surface area (Å²) in [4.78, 5) is 15.5. The molecule has 0 aromatic heterocycles. The predicted molar refractivity (Wildman–Crippen MR) is 97.8 cm³/mol. The summed E-state index contributed by atoms with van der Waals surface area (Å²) in [5.74, 6) is 5.92. The third kappa shape index (κ3) is 3.88. The molecule has 1 N–H and O–H groups in total. The molecule has 3 saturated heterocycles. The lowest BCUT2D eigenvalue weighted by Crippen LogP contribution is -2.59. The maximum Gasteiger partial charge on any atom is 0.351 e. The van der Waals surface area contributed by atoms with E-state index in [-0.39, 0.29) is 24.0 Å². The van der Waals surface area contributed by atoms with Crippen molar-refractivity contribution in [3.8, 4) is 11.8 Å². The monoisotopic (exact) mass is 347 g/mol. The number of carbonyl (C=O) groups excluding carboxylic acids is 1. The number of piperidine rings is 3. The van der Waals surface area contributed by atoms with Crippen molar-refractivity contribution >= 4 is 5.97 Å². The van der Waals surface area contributed by atoms with Crippen molar-refractivity contribution in [3.05, 3.63) is 0 Å². The summed E-state index contributed by atoms with van der Waals surface area (Å²) >= 11 is 0. The van der Waals surface area contributed by atoms with Crippen LogP contribution in [-0.4, -0.2) is 46.8 Å². The van der Waals surface area contributed by atoms with Gasteiger partial charge >= 0.3 is 5.97 Å². The first kappa shape index (κ1) is 18.7. The van der Waals surface area contributed by atoms with Crippen LogP contribution in [0.1, 0.15) is 65.7 Å². The van der Waals surface area contributed by atoms with E-state index in [9.17, 15) is 9.90 Å². The van der Waals surface area contributed by atoms with Crippen molar-refractivity contribution in [2.45, 2.75) is 83.5 Å². The van der Waals surface area contributed by atoms with Gasteiger partial charge in [0.1, 0.15) is 6.10 Å². The van der Waals surface area contributed by atoms with Gasteiger partial charge in [0, 0.05) is 17.9 Å². The molecule has 3 atom stereocenters. The number of nitrogens with zero attached hydrogens (tertiary/aromatic N) is 1. The van der Waals surface area contributed by atoms with Crippen molar-refractivity contribution in [1.82, 2.24) is 4.90 Å². The highest BCUT2D eigenvalue weighted by atomic mass is 16.6. The zero-order chi connectivity index (χ0) is 18.0. The molecule has 4 rings (SSSR count). The van der Waals surface area contributed by atoms with Crippen molar-refractivity contribution in [3.63, 3.8) is 0 Å². The van der Waals surface area contributed by atoms with Gasteiger partial charge in [0.2, 0.25) is 5.60 Å². The van der Waals surface area contributed by atoms with Gasteiger partial charge in [0.15, 0.2) is 0 Å². The highest BCUT2D eigenvalue weighted by molar-refractivity contribution is 5.84. The minimum absolute atomic E-state index is 0.101. The third-order valence-electron chi connectivity index (χ3n) is 6.39. The van der Waals surface area contributed by atoms with Crippen LogP contribution in [0.2, 0.25) is 0 Å². The lowest BCUT2D eigenvalue weighted by molar-refractivity contribution is -0.185. The Labute approximate surface area is 152 Å². The minimum atomic E-state index is -1.64. The summed E-state index contributed by atoms with van der Waals surface area (Å²) in [6.45, 7) is 8.30. The average Bonchev–Trinajstić information content (AvgIpc) is 2.63. The Morgan fingerprint density at radius 3 is 2.36 bits per heavy atom. The van der Waals surface area contributed by atoms with E-state index in [4.69, 9.17) is 4.74 Å². The normalized spacial score (nSPS) is 34.9. The fourth-order valence-electron chi connectivity index (χ4n) is 4.76. The number of aliphatic hydroxyl groups is 1. The summed E-state index contributed by atoms with van der Waals surface area (Å²) in [5, 5.41) is 11.3. The third-order valence-corrected chi connectivity index (χ3v) is 6.39. The standard InChI is InChI=1S/C21H33NO3/c1-15(2)9-12-21(24,18-7-5-4-6-8-18)20(23)25-19-16(3)22-13-10-17(19)11-14-22/h15-19,24H,4-8,10-11,13-14H2,1-3H3/t16-,19-,21-/m1/s1. The molecule has 4 heteroatoms. The smallest absolute Gasteiger partial charge is 0.351 e. The largest absolute Gasteiger partial charge is 0.458 e. The summed E-state index contributed by atoms with van der Waals surface area (Å²) in [5.41, 5.74) is -1.64. The van der Waals surface area contributed by atoms with Crippen LogP contribution in [0.5, 0.6) is 0 Å². The second-order valence-corrected chi connectivity index (χ2v) is 8.51. The number of hydrogen-bond donors (Lipinski definition) is 1. The second kappa shape index (κ2) is 7.68. The van der Waals surface area contributed by atoms with Crippen LogP contribution in [0.15, 0.2) is 0 Å². The summed E-state index contributed by atoms with van der Waals surface area (Å²) in [7, 11) is 0. The number of carbonyl (C=O) groups is 1. The van der Waals surface area contributed by atoms with Gasteiger partial charge in [-0.05, 0) is 51.6 Å². The summed E-state index contributed by atoms with van der Waals surface area (Å²) < 4.78 is 5.96. The first-order valence-electron chi connectivity index (χ1n) is 10.1. The number of rotatable bonds is 3. The first-order chi connectivity index (χ1) is 11.9. The molecule has 4 fully saturated rings. The van der Waals surface area contributed by atoms with E-state index in [1.54, 1.807) is 0 Å². The lowest BCUT2D eigenvalue weighted by atomic mass is 9.76. The molecule has 0 radical (unpaired) electrons. The maximum atomic E-state index is 13.1. The molecule has 2 bridgehead atoms. The number of hydrogen-bond acceptors (Lipinski definition) is 4. The number of ether oxygens (including phenoxy) is 1. The van der Waals surface area contributed by atoms with Gasteiger partial charge in [-0.25, -0.2) is 4.79 Å². The van der Waals surface area contributed by atoms with Crippen LogP contribution in [0.25, 0.3) is 0 Å². The van der Waals surface area contributed by atoms with Gasteiger partial charge < -0.3 is 9.84 Å². The second-order valence-electron chi connectivity index (χ2n) is 8.51. The van der Waals surface area contributed by atoms with Crippen molar-refractivity contribution in [2.75, 3.05) is 13.1 Å². The van der Waals surface area contributed by atoms with E-state index < -0.39 is 11.6 Å². The Hall–Kier alpha value is -1.05. The van der Waals surface area contributed by atoms with Crippen LogP contribution in [0.3, 0.4) is 0 Å². The van der Waals surface area contributed by atoms with E-state index in [1.165, 1.54) is 6.42 Å². The molecule has 0 aromatic carbocycles. The van der Waals surface area contributed by atoms with Crippen LogP contribution in [0.4, 0.5) is 0 Å². The molecule has 25 heavy (non-hydrogen) atoms. The van der Waals surface area contributed by atoms with Crippen LogP contribution in [-0.2, 0) is 9.53 Å². The highest BCUT2D eigenvalue weighted by Gasteiger charge is 2.49. The fraction of sp³-hybridized carbons (Fsp3) is 0.857. The van der Waals surface area contributed by atoms with Gasteiger partial charge in [-0.15, -0.1) is 0 Å². The Kier molecular flexibility index (Phi) is 5.75. The number of fused-ring (bicyclic) bond motifs is 3. The lowest BCUT2D eigenvalue weighted by Gasteiger charge is -2.49. The fourth-order valence-corrected chi connectivity index (χ4v) is 4.76. The predicted octanol–water partition coefficient (Wildman–Crippen LogP) is 2.98. The van der Waals surface area contributed by atoms with Crippen LogP contribution >= 0.6 is 0 Å². The Morgan fingerprint density at radius 2 is 1.80 bits per heavy atom. The molecule has 3 aliphatic heterocycles. The quantitative estimate of drug-likeness (QED) is 0.630. The molecule has 3 heterocycles. The molecule has 4 aliphatic rings. The Morgan fingerprint density at radius 1 is 1.16 bits per heavy atom. The van der Waals surface area contributed by atoms with E-state index >= 15 is 0 Å². The Bertz CT molecular complexity index is 533. The number of esters is 1. The molecular formula is C21H33NO3. The molecule has 140 valence electrons. The zero-order valence-electron chi connectivity index (χ0n) is 16.0. The molecule has 0 aromatic rings. The van der Waals surface area contributed by atoms with Gasteiger partial charge in [0.05, 0.1) is 0 Å². The summed E-state index contributed by atoms with van der Waals surface area (Å²) in [6, 6.07) is 0.241. The summed E-state index contributed by atoms with van der Waals surface area (Å²) in [6.07, 6.45) is 7.06. The van der Waals surface area contributed by atoms with Crippen molar-refractivity contribution in [2.24, 2.45) is 17.8 Å². The average molecular weight is 347 g/mol. The topological polar surface area (TPSA) is 49.8 Å². The SMILES string of the molecule is CC(C)C#C[C@](O)(C(=O)O[C@H]1C2CCN(CC2)[C@@H]1C)C1CCCCC1. The van der Waals surface area contributed by atoms with Gasteiger partial charge in [0.25, 0.3) is 0 Å². The van der Waals surface area contributed by atoms with E-state index in [1.807, 2.05) is 13.8 Å². The van der Waals surface area contributed by atoms with E-state index in [0.717, 1.165) is 51.6 Å². The maximum absolute atomic E-state index is 13.1. The van der Waals surface area contributed by atoms with Gasteiger partial charge in [-0.3, -0.25) is 4.90 Å². The minimum Gasteiger partial charge on any atom is -0.458 e. The molecule has 4 nitrogen and oxygen atoms in total. The molecule has 0 amide bonds.